The zero-order valence-corrected chi connectivity index (χ0v) is 14.3. The van der Waals surface area contributed by atoms with Crippen LogP contribution in [-0.2, 0) is 7.05 Å². The second-order valence-corrected chi connectivity index (χ2v) is 5.69. The Hall–Kier alpha value is -3.28. The van der Waals surface area contributed by atoms with Crippen LogP contribution in [0.3, 0.4) is 0 Å². The van der Waals surface area contributed by atoms with Crippen molar-refractivity contribution in [2.24, 2.45) is 7.05 Å². The van der Waals surface area contributed by atoms with Gasteiger partial charge in [0.15, 0.2) is 5.82 Å². The van der Waals surface area contributed by atoms with Crippen LogP contribution < -0.4 is 9.47 Å². The fourth-order valence-corrected chi connectivity index (χ4v) is 3.03. The summed E-state index contributed by atoms with van der Waals surface area (Å²) in [7, 11) is 5.28. The van der Waals surface area contributed by atoms with Gasteiger partial charge >= 0.3 is 0 Å². The molecule has 0 fully saturated rings. The Balaban J connectivity index is 1.93. The molecule has 4 rings (SSSR count). The number of imidazole rings is 2. The number of nitrogens with zero attached hydrogens (tertiary/aromatic N) is 4. The van der Waals surface area contributed by atoms with Crippen molar-refractivity contribution in [1.29, 1.82) is 0 Å². The lowest BCUT2D eigenvalue weighted by Gasteiger charge is -2.14. The van der Waals surface area contributed by atoms with E-state index in [9.17, 15) is 0 Å². The first kappa shape index (κ1) is 15.3. The number of aryl methyl sites for hydroxylation is 1. The molecule has 0 atom stereocenters. The van der Waals surface area contributed by atoms with Gasteiger partial charge < -0.3 is 14.0 Å². The predicted molar refractivity (Wildman–Crippen MR) is 96.4 cm³/mol. The lowest BCUT2D eigenvalue weighted by Crippen LogP contribution is -2.00. The van der Waals surface area contributed by atoms with E-state index < -0.39 is 0 Å². The van der Waals surface area contributed by atoms with Crippen LogP contribution in [0.1, 0.15) is 0 Å². The smallest absolute Gasteiger partial charge is 0.152 e. The highest BCUT2D eigenvalue weighted by Gasteiger charge is 2.18. The van der Waals surface area contributed by atoms with E-state index in [0.717, 1.165) is 28.1 Å². The molecule has 0 radical (unpaired) electrons. The molecular weight excluding hydrogens is 316 g/mol. The van der Waals surface area contributed by atoms with E-state index >= 15 is 0 Å². The summed E-state index contributed by atoms with van der Waals surface area (Å²) >= 11 is 0. The standard InChI is InChI=1S/C19H18N4O2/c1-22-12-21-14-8-7-13(11-15(14)22)23-10-9-20-19(23)18-16(24-2)5-4-6-17(18)25-3/h4-12H,1-3H3. The van der Waals surface area contributed by atoms with Gasteiger partial charge in [-0.25, -0.2) is 9.97 Å². The Kier molecular flexibility index (Phi) is 3.65. The number of aromatic nitrogens is 4. The minimum atomic E-state index is 0.716. The first-order valence-electron chi connectivity index (χ1n) is 7.89. The molecule has 6 nitrogen and oxygen atoms in total. The van der Waals surface area contributed by atoms with Crippen molar-refractivity contribution in [3.8, 4) is 28.6 Å². The van der Waals surface area contributed by atoms with Gasteiger partial charge in [-0.1, -0.05) is 6.07 Å². The lowest BCUT2D eigenvalue weighted by atomic mass is 10.1. The molecule has 0 spiro atoms. The van der Waals surface area contributed by atoms with Crippen molar-refractivity contribution in [2.75, 3.05) is 14.2 Å². The summed E-state index contributed by atoms with van der Waals surface area (Å²) in [6.45, 7) is 0. The summed E-state index contributed by atoms with van der Waals surface area (Å²) in [5, 5.41) is 0. The Bertz CT molecular complexity index is 1030. The SMILES string of the molecule is COc1cccc(OC)c1-c1nccn1-c1ccc2ncn(C)c2c1. The average Bonchev–Trinajstić information content (AvgIpc) is 3.27. The van der Waals surface area contributed by atoms with Gasteiger partial charge in [0.2, 0.25) is 0 Å². The summed E-state index contributed by atoms with van der Waals surface area (Å²) in [5.41, 5.74) is 3.84. The quantitative estimate of drug-likeness (QED) is 0.574. The van der Waals surface area contributed by atoms with Gasteiger partial charge in [0, 0.05) is 25.1 Å². The molecular formula is C19H18N4O2. The third kappa shape index (κ3) is 2.42. The van der Waals surface area contributed by atoms with Crippen molar-refractivity contribution in [3.63, 3.8) is 0 Å². The molecule has 0 unspecified atom stereocenters. The minimum absolute atomic E-state index is 0.716. The van der Waals surface area contributed by atoms with Gasteiger partial charge in [0.05, 0.1) is 31.6 Å². The molecule has 126 valence electrons. The van der Waals surface area contributed by atoms with Gasteiger partial charge in [0.1, 0.15) is 17.1 Å². The zero-order chi connectivity index (χ0) is 17.4. The number of hydrogen-bond donors (Lipinski definition) is 0. The minimum Gasteiger partial charge on any atom is -0.496 e. The zero-order valence-electron chi connectivity index (χ0n) is 14.3. The third-order valence-corrected chi connectivity index (χ3v) is 4.28. The highest BCUT2D eigenvalue weighted by molar-refractivity contribution is 5.79. The van der Waals surface area contributed by atoms with Crippen LogP contribution >= 0.6 is 0 Å². The van der Waals surface area contributed by atoms with Crippen LogP contribution in [0, 0.1) is 0 Å². The third-order valence-electron chi connectivity index (χ3n) is 4.28. The molecule has 2 aromatic heterocycles. The van der Waals surface area contributed by atoms with Crippen LogP contribution in [0.25, 0.3) is 28.1 Å². The van der Waals surface area contributed by atoms with Gasteiger partial charge in [-0.2, -0.15) is 0 Å². The first-order chi connectivity index (χ1) is 12.2. The van der Waals surface area contributed by atoms with E-state index in [1.54, 1.807) is 20.4 Å². The van der Waals surface area contributed by atoms with Crippen molar-refractivity contribution in [1.82, 2.24) is 19.1 Å². The molecule has 2 aromatic carbocycles. The van der Waals surface area contributed by atoms with E-state index in [1.165, 1.54) is 0 Å². The normalized spacial score (nSPS) is 11.0. The maximum Gasteiger partial charge on any atom is 0.152 e. The van der Waals surface area contributed by atoms with Crippen LogP contribution in [0.4, 0.5) is 0 Å². The largest absolute Gasteiger partial charge is 0.496 e. The molecule has 0 aliphatic rings. The van der Waals surface area contributed by atoms with Gasteiger partial charge in [-0.05, 0) is 30.3 Å². The number of benzene rings is 2. The highest BCUT2D eigenvalue weighted by atomic mass is 16.5. The maximum atomic E-state index is 5.53. The molecule has 0 aliphatic heterocycles. The molecule has 0 aliphatic carbocycles. The summed E-state index contributed by atoms with van der Waals surface area (Å²) < 4.78 is 15.1. The monoisotopic (exact) mass is 334 g/mol. The average molecular weight is 334 g/mol. The Morgan fingerprint density at radius 3 is 2.44 bits per heavy atom. The van der Waals surface area contributed by atoms with Gasteiger partial charge in [0.25, 0.3) is 0 Å². The summed E-state index contributed by atoms with van der Waals surface area (Å²) in [6, 6.07) is 11.8. The molecule has 4 aromatic rings. The molecule has 0 saturated heterocycles. The molecule has 0 bridgehead atoms. The van der Waals surface area contributed by atoms with Crippen molar-refractivity contribution >= 4 is 11.0 Å². The van der Waals surface area contributed by atoms with E-state index in [0.29, 0.717) is 11.5 Å². The number of rotatable bonds is 4. The number of ether oxygens (including phenoxy) is 2. The maximum absolute atomic E-state index is 5.53. The van der Waals surface area contributed by atoms with Crippen molar-refractivity contribution in [3.05, 3.63) is 55.1 Å². The fourth-order valence-electron chi connectivity index (χ4n) is 3.03. The highest BCUT2D eigenvalue weighted by Crippen LogP contribution is 2.38. The Labute approximate surface area is 145 Å². The van der Waals surface area contributed by atoms with E-state index in [1.807, 2.05) is 59.0 Å². The Morgan fingerprint density at radius 1 is 0.960 bits per heavy atom. The molecule has 2 heterocycles. The van der Waals surface area contributed by atoms with Crippen LogP contribution in [-0.4, -0.2) is 33.3 Å². The summed E-state index contributed by atoms with van der Waals surface area (Å²) in [4.78, 5) is 8.92. The second kappa shape index (κ2) is 5.98. The number of methoxy groups -OCH3 is 2. The van der Waals surface area contributed by atoms with Gasteiger partial charge in [-0.3, -0.25) is 4.57 Å². The molecule has 0 amide bonds. The molecule has 25 heavy (non-hydrogen) atoms. The van der Waals surface area contributed by atoms with E-state index in [4.69, 9.17) is 9.47 Å². The van der Waals surface area contributed by atoms with Crippen LogP contribution in [0.15, 0.2) is 55.1 Å². The molecule has 6 heteroatoms. The summed E-state index contributed by atoms with van der Waals surface area (Å²) in [6.07, 6.45) is 5.51. The molecule has 0 saturated carbocycles. The van der Waals surface area contributed by atoms with E-state index in [2.05, 4.69) is 16.0 Å². The van der Waals surface area contributed by atoms with Gasteiger partial charge in [-0.15, -0.1) is 0 Å². The second-order valence-electron chi connectivity index (χ2n) is 5.69. The number of hydrogen-bond acceptors (Lipinski definition) is 4. The fraction of sp³-hybridized carbons (Fsp3) is 0.158. The Morgan fingerprint density at radius 2 is 1.72 bits per heavy atom. The predicted octanol–water partition coefficient (Wildman–Crippen LogP) is 3.44. The van der Waals surface area contributed by atoms with Crippen molar-refractivity contribution < 1.29 is 9.47 Å². The van der Waals surface area contributed by atoms with Crippen LogP contribution in [0.5, 0.6) is 11.5 Å². The number of fused-ring (bicyclic) bond motifs is 1. The summed E-state index contributed by atoms with van der Waals surface area (Å²) in [5.74, 6) is 2.19. The lowest BCUT2D eigenvalue weighted by molar-refractivity contribution is 0.396. The molecule has 0 N–H and O–H groups in total. The van der Waals surface area contributed by atoms with Crippen LogP contribution in [0.2, 0.25) is 0 Å². The van der Waals surface area contributed by atoms with E-state index in [-0.39, 0.29) is 0 Å². The topological polar surface area (TPSA) is 54.1 Å². The van der Waals surface area contributed by atoms with Crippen molar-refractivity contribution in [2.45, 2.75) is 0 Å². The first-order valence-corrected chi connectivity index (χ1v) is 7.89.